The second-order valence-corrected chi connectivity index (χ2v) is 6.09. The van der Waals surface area contributed by atoms with E-state index in [2.05, 4.69) is 23.7 Å². The fourth-order valence-corrected chi connectivity index (χ4v) is 3.46. The lowest BCUT2D eigenvalue weighted by atomic mass is 9.91. The number of imidazole rings is 1. The van der Waals surface area contributed by atoms with E-state index in [1.807, 2.05) is 0 Å². The second kappa shape index (κ2) is 5.04. The van der Waals surface area contributed by atoms with Crippen molar-refractivity contribution in [1.29, 1.82) is 0 Å². The molecule has 3 rings (SSSR count). The van der Waals surface area contributed by atoms with Gasteiger partial charge in [0, 0.05) is 24.1 Å². The Hall–Kier alpha value is -0.830. The Morgan fingerprint density at radius 2 is 2.00 bits per heavy atom. The molecule has 1 aromatic heterocycles. The highest BCUT2D eigenvalue weighted by molar-refractivity contribution is 5.25. The van der Waals surface area contributed by atoms with Crippen molar-refractivity contribution in [1.82, 2.24) is 14.9 Å². The summed E-state index contributed by atoms with van der Waals surface area (Å²) in [4.78, 5) is 5.05. The van der Waals surface area contributed by atoms with E-state index in [1.165, 1.54) is 50.2 Å². The first kappa shape index (κ1) is 12.2. The van der Waals surface area contributed by atoms with Gasteiger partial charge in [0.1, 0.15) is 5.82 Å². The molecule has 3 nitrogen and oxygen atoms in total. The minimum atomic E-state index is 0.553. The Balaban J connectivity index is 1.97. The number of nitrogens with one attached hydrogen (secondary N) is 1. The third-order valence-corrected chi connectivity index (χ3v) is 4.42. The van der Waals surface area contributed by atoms with Gasteiger partial charge in [0.25, 0.3) is 0 Å². The normalized spacial score (nSPS) is 21.3. The van der Waals surface area contributed by atoms with Gasteiger partial charge in [-0.1, -0.05) is 13.8 Å². The van der Waals surface area contributed by atoms with Crippen LogP contribution >= 0.6 is 0 Å². The maximum absolute atomic E-state index is 5.05. The van der Waals surface area contributed by atoms with Crippen LogP contribution in [0.15, 0.2) is 0 Å². The van der Waals surface area contributed by atoms with Crippen LogP contribution in [0.25, 0.3) is 0 Å². The monoisotopic (exact) mass is 247 g/mol. The van der Waals surface area contributed by atoms with Crippen LogP contribution in [0.3, 0.4) is 0 Å². The molecule has 0 spiro atoms. The third-order valence-electron chi connectivity index (χ3n) is 4.42. The third kappa shape index (κ3) is 2.09. The average Bonchev–Trinajstić information content (AvgIpc) is 2.79. The Morgan fingerprint density at radius 1 is 1.22 bits per heavy atom. The Morgan fingerprint density at radius 3 is 2.72 bits per heavy atom. The number of nitrogens with zero attached hydrogens (tertiary/aromatic N) is 2. The predicted octanol–water partition coefficient (Wildman–Crippen LogP) is 2.81. The zero-order valence-corrected chi connectivity index (χ0v) is 11.7. The highest BCUT2D eigenvalue weighted by Crippen LogP contribution is 2.33. The lowest BCUT2D eigenvalue weighted by Gasteiger charge is -2.24. The molecule has 0 amide bonds. The molecule has 0 radical (unpaired) electrons. The number of piperidine rings is 1. The lowest BCUT2D eigenvalue weighted by Crippen LogP contribution is -2.27. The average molecular weight is 247 g/mol. The van der Waals surface area contributed by atoms with Gasteiger partial charge < -0.3 is 9.88 Å². The van der Waals surface area contributed by atoms with E-state index in [1.54, 1.807) is 5.69 Å². The summed E-state index contributed by atoms with van der Waals surface area (Å²) in [6.07, 6.45) is 6.46. The van der Waals surface area contributed by atoms with Crippen LogP contribution in [0, 0.1) is 0 Å². The van der Waals surface area contributed by atoms with E-state index in [9.17, 15) is 0 Å². The number of fused-ring (bicyclic) bond motifs is 1. The molecule has 0 aliphatic carbocycles. The number of hydrogen-bond donors (Lipinski definition) is 1. The molecule has 1 fully saturated rings. The Labute approximate surface area is 110 Å². The fourth-order valence-electron chi connectivity index (χ4n) is 3.46. The summed E-state index contributed by atoms with van der Waals surface area (Å²) in [6.45, 7) is 8.07. The molecule has 1 aromatic rings. The van der Waals surface area contributed by atoms with Crippen molar-refractivity contribution in [3.8, 4) is 0 Å². The molecule has 0 aromatic carbocycles. The summed E-state index contributed by atoms with van der Waals surface area (Å²) >= 11 is 0. The first-order valence-electron chi connectivity index (χ1n) is 7.57. The van der Waals surface area contributed by atoms with E-state index < -0.39 is 0 Å². The van der Waals surface area contributed by atoms with Gasteiger partial charge in [-0.2, -0.15) is 0 Å². The van der Waals surface area contributed by atoms with E-state index in [4.69, 9.17) is 4.98 Å². The minimum Gasteiger partial charge on any atom is -0.332 e. The molecular formula is C15H25N3. The second-order valence-electron chi connectivity index (χ2n) is 6.09. The van der Waals surface area contributed by atoms with Gasteiger partial charge in [0.15, 0.2) is 0 Å². The molecule has 0 atom stereocenters. The molecule has 0 bridgehead atoms. The van der Waals surface area contributed by atoms with Crippen LogP contribution in [-0.2, 0) is 13.0 Å². The van der Waals surface area contributed by atoms with Crippen LogP contribution < -0.4 is 5.32 Å². The fraction of sp³-hybridized carbons (Fsp3) is 0.800. The molecule has 0 unspecified atom stereocenters. The molecule has 3 heteroatoms. The standard InChI is InChI=1S/C15H25N3/c1-11(2)15-17-14(12-6-8-16-9-7-12)13-5-3-4-10-18(13)15/h11-12,16H,3-10H2,1-2H3. The Bertz CT molecular complexity index is 414. The maximum atomic E-state index is 5.05. The van der Waals surface area contributed by atoms with Gasteiger partial charge in [-0.25, -0.2) is 4.98 Å². The van der Waals surface area contributed by atoms with Crippen LogP contribution in [0.5, 0.6) is 0 Å². The molecule has 1 saturated heterocycles. The van der Waals surface area contributed by atoms with Crippen molar-refractivity contribution >= 4 is 0 Å². The SMILES string of the molecule is CC(C)c1nc(C2CCNCC2)c2n1CCCC2. The maximum Gasteiger partial charge on any atom is 0.111 e. The lowest BCUT2D eigenvalue weighted by molar-refractivity contribution is 0.446. The van der Waals surface area contributed by atoms with Crippen molar-refractivity contribution < 1.29 is 0 Å². The van der Waals surface area contributed by atoms with Crippen molar-refractivity contribution in [2.45, 2.75) is 64.3 Å². The molecular weight excluding hydrogens is 222 g/mol. The van der Waals surface area contributed by atoms with Gasteiger partial charge in [0.2, 0.25) is 0 Å². The molecule has 1 N–H and O–H groups in total. The summed E-state index contributed by atoms with van der Waals surface area (Å²) in [6, 6.07) is 0. The van der Waals surface area contributed by atoms with Crippen molar-refractivity contribution in [2.75, 3.05) is 13.1 Å². The van der Waals surface area contributed by atoms with Gasteiger partial charge >= 0.3 is 0 Å². The highest BCUT2D eigenvalue weighted by atomic mass is 15.1. The minimum absolute atomic E-state index is 0.553. The van der Waals surface area contributed by atoms with Crippen LogP contribution in [0.4, 0.5) is 0 Å². The zero-order chi connectivity index (χ0) is 12.5. The summed E-state index contributed by atoms with van der Waals surface area (Å²) in [5.74, 6) is 2.59. The first-order valence-corrected chi connectivity index (χ1v) is 7.57. The number of hydrogen-bond acceptors (Lipinski definition) is 2. The molecule has 2 aliphatic heterocycles. The van der Waals surface area contributed by atoms with Crippen LogP contribution in [0.1, 0.15) is 68.6 Å². The van der Waals surface area contributed by atoms with E-state index in [0.717, 1.165) is 13.1 Å². The van der Waals surface area contributed by atoms with Crippen molar-refractivity contribution in [3.63, 3.8) is 0 Å². The number of rotatable bonds is 2. The molecule has 2 aliphatic rings. The summed E-state index contributed by atoms with van der Waals surface area (Å²) in [5, 5.41) is 3.46. The molecule has 100 valence electrons. The molecule has 3 heterocycles. The van der Waals surface area contributed by atoms with E-state index >= 15 is 0 Å². The van der Waals surface area contributed by atoms with Gasteiger partial charge in [-0.05, 0) is 45.2 Å². The van der Waals surface area contributed by atoms with Crippen LogP contribution in [0.2, 0.25) is 0 Å². The van der Waals surface area contributed by atoms with Crippen molar-refractivity contribution in [3.05, 3.63) is 17.2 Å². The van der Waals surface area contributed by atoms with Gasteiger partial charge in [0.05, 0.1) is 5.69 Å². The first-order chi connectivity index (χ1) is 8.77. The highest BCUT2D eigenvalue weighted by Gasteiger charge is 2.27. The smallest absolute Gasteiger partial charge is 0.111 e. The van der Waals surface area contributed by atoms with Crippen molar-refractivity contribution in [2.24, 2.45) is 0 Å². The topological polar surface area (TPSA) is 29.9 Å². The quantitative estimate of drug-likeness (QED) is 0.871. The van der Waals surface area contributed by atoms with E-state index in [0.29, 0.717) is 11.8 Å². The predicted molar refractivity (Wildman–Crippen MR) is 74.1 cm³/mol. The number of aromatic nitrogens is 2. The zero-order valence-electron chi connectivity index (χ0n) is 11.7. The largest absolute Gasteiger partial charge is 0.332 e. The van der Waals surface area contributed by atoms with Crippen LogP contribution in [-0.4, -0.2) is 22.6 Å². The Kier molecular flexibility index (Phi) is 3.42. The van der Waals surface area contributed by atoms with Gasteiger partial charge in [-0.3, -0.25) is 0 Å². The summed E-state index contributed by atoms with van der Waals surface area (Å²) in [7, 11) is 0. The van der Waals surface area contributed by atoms with Gasteiger partial charge in [-0.15, -0.1) is 0 Å². The summed E-state index contributed by atoms with van der Waals surface area (Å²) < 4.78 is 2.53. The van der Waals surface area contributed by atoms with E-state index in [-0.39, 0.29) is 0 Å². The summed E-state index contributed by atoms with van der Waals surface area (Å²) in [5.41, 5.74) is 3.01. The molecule has 18 heavy (non-hydrogen) atoms. The molecule has 0 saturated carbocycles.